The Balaban J connectivity index is 1.64. The van der Waals surface area contributed by atoms with Crippen LogP contribution in [0.4, 0.5) is 11.6 Å². The van der Waals surface area contributed by atoms with Gasteiger partial charge in [0.05, 0.1) is 23.5 Å². The van der Waals surface area contributed by atoms with E-state index in [1.807, 2.05) is 51.1 Å². The maximum absolute atomic E-state index is 13.7. The summed E-state index contributed by atoms with van der Waals surface area (Å²) in [6, 6.07) is 13.0. The van der Waals surface area contributed by atoms with Crippen LogP contribution in [0.15, 0.2) is 60.9 Å². The first-order valence-electron chi connectivity index (χ1n) is 13.5. The van der Waals surface area contributed by atoms with Crippen LogP contribution in [-0.4, -0.2) is 66.2 Å². The highest BCUT2D eigenvalue weighted by molar-refractivity contribution is 7.92. The second-order valence-corrected chi connectivity index (χ2v) is 13.0. The van der Waals surface area contributed by atoms with E-state index in [4.69, 9.17) is 0 Å². The fourth-order valence-electron chi connectivity index (χ4n) is 5.05. The van der Waals surface area contributed by atoms with E-state index in [9.17, 15) is 27.9 Å². The molecule has 12 nitrogen and oxygen atoms in total. The van der Waals surface area contributed by atoms with Crippen LogP contribution >= 0.6 is 0 Å². The van der Waals surface area contributed by atoms with Gasteiger partial charge >= 0.3 is 0 Å². The number of hydrogen-bond acceptors (Lipinski definition) is 7. The molecule has 4 rings (SSSR count). The quantitative estimate of drug-likeness (QED) is 0.226. The summed E-state index contributed by atoms with van der Waals surface area (Å²) < 4.78 is 25.7. The van der Waals surface area contributed by atoms with E-state index < -0.39 is 39.4 Å². The third-order valence-corrected chi connectivity index (χ3v) is 8.84. The number of imidazole rings is 1. The molecule has 1 unspecified atom stereocenters. The number of aliphatic hydroxyl groups is 1. The molecule has 1 fully saturated rings. The maximum atomic E-state index is 13.7. The van der Waals surface area contributed by atoms with E-state index in [2.05, 4.69) is 25.9 Å². The maximum Gasteiger partial charge on any atom is 0.257 e. The molecule has 5 N–H and O–H groups in total. The summed E-state index contributed by atoms with van der Waals surface area (Å²) in [6.07, 6.45) is 2.71. The molecule has 1 heterocycles. The molecule has 1 aromatic heterocycles. The minimum atomic E-state index is -3.73. The summed E-state index contributed by atoms with van der Waals surface area (Å²) >= 11 is 0. The van der Waals surface area contributed by atoms with Crippen molar-refractivity contribution in [3.05, 3.63) is 77.6 Å². The van der Waals surface area contributed by atoms with Gasteiger partial charge in [-0.2, -0.15) is 0 Å². The highest BCUT2D eigenvalue weighted by atomic mass is 32.2. The fraction of sp³-hybridized carbons (Fsp3) is 0.379. The molecule has 3 aromatic rings. The number of aliphatic hydroxyl groups excluding tert-OH is 1. The third kappa shape index (κ3) is 6.63. The van der Waals surface area contributed by atoms with E-state index in [-0.39, 0.29) is 40.6 Å². The number of carbonyl (C=O) groups excluding carboxylic acids is 3. The lowest BCUT2D eigenvalue weighted by atomic mass is 9.97. The van der Waals surface area contributed by atoms with Gasteiger partial charge in [-0.15, -0.1) is 0 Å². The smallest absolute Gasteiger partial charge is 0.257 e. The number of rotatable bonds is 11. The van der Waals surface area contributed by atoms with Crippen molar-refractivity contribution in [1.29, 1.82) is 0 Å². The third-order valence-electron chi connectivity index (χ3n) is 7.64. The lowest BCUT2D eigenvalue weighted by Crippen LogP contribution is -2.53. The van der Waals surface area contributed by atoms with Gasteiger partial charge in [0.25, 0.3) is 17.7 Å². The van der Waals surface area contributed by atoms with Crippen LogP contribution in [0.1, 0.15) is 59.5 Å². The molecule has 0 saturated heterocycles. The second kappa shape index (κ2) is 11.9. The summed E-state index contributed by atoms with van der Waals surface area (Å²) in [4.78, 5) is 46.6. The van der Waals surface area contributed by atoms with Crippen molar-refractivity contribution in [1.82, 2.24) is 20.6 Å². The molecule has 0 spiro atoms. The van der Waals surface area contributed by atoms with Crippen LogP contribution in [0.2, 0.25) is 0 Å². The van der Waals surface area contributed by atoms with E-state index in [0.717, 1.165) is 16.1 Å². The van der Waals surface area contributed by atoms with Gasteiger partial charge in [-0.1, -0.05) is 44.2 Å². The Morgan fingerprint density at radius 1 is 1.07 bits per heavy atom. The van der Waals surface area contributed by atoms with E-state index >= 15 is 0 Å². The largest absolute Gasteiger partial charge is 0.381 e. The molecule has 0 bridgehead atoms. The highest BCUT2D eigenvalue weighted by Gasteiger charge is 2.63. The zero-order valence-electron chi connectivity index (χ0n) is 24.1. The second-order valence-electron chi connectivity index (χ2n) is 11.0. The van der Waals surface area contributed by atoms with Gasteiger partial charge in [0, 0.05) is 30.6 Å². The molecule has 13 heteroatoms. The number of carbonyl (C=O) groups is 3. The predicted molar refractivity (Wildman–Crippen MR) is 158 cm³/mol. The van der Waals surface area contributed by atoms with E-state index in [0.29, 0.717) is 6.42 Å². The Morgan fingerprint density at radius 2 is 1.71 bits per heavy atom. The molecule has 224 valence electrons. The summed E-state index contributed by atoms with van der Waals surface area (Å²) in [5.41, 5.74) is -0.245. The van der Waals surface area contributed by atoms with Gasteiger partial charge in [-0.25, -0.2) is 13.4 Å². The minimum absolute atomic E-state index is 0.00654. The standard InChI is InChI=1S/C29H36N6O6S/c1-17(2)23-16-29(23,24(36)27(39)33-28-30-11-12-31-28)34-26(38)21-13-20(14-22(15-21)35(4)42(5,40)41)25(37)32-18(3)19-9-7-6-8-10-19/h6-15,17-18,23-24,36H,16H2,1-5H3,(H,32,37)(H,34,38)(H2,30,31,33,39)/t18-,23+,24+,29?/m1/s1. The highest BCUT2D eigenvalue weighted by Crippen LogP contribution is 2.51. The number of sulfonamides is 1. The van der Waals surface area contributed by atoms with Crippen LogP contribution in [0.25, 0.3) is 0 Å². The molecule has 1 aliphatic rings. The first-order chi connectivity index (χ1) is 19.7. The zero-order valence-corrected chi connectivity index (χ0v) is 24.9. The van der Waals surface area contributed by atoms with Gasteiger partial charge in [0.15, 0.2) is 6.10 Å². The van der Waals surface area contributed by atoms with Crippen molar-refractivity contribution in [2.45, 2.75) is 44.9 Å². The molecule has 0 radical (unpaired) electrons. The van der Waals surface area contributed by atoms with Gasteiger partial charge in [-0.05, 0) is 48.9 Å². The fourth-order valence-corrected chi connectivity index (χ4v) is 5.54. The Bertz CT molecular complexity index is 1560. The molecule has 0 aliphatic heterocycles. The number of amides is 3. The number of hydrogen-bond donors (Lipinski definition) is 5. The molecular formula is C29H36N6O6S. The number of H-pyrrole nitrogens is 1. The first kappa shape index (κ1) is 30.7. The number of aromatic nitrogens is 2. The predicted octanol–water partition coefficient (Wildman–Crippen LogP) is 2.44. The molecule has 1 saturated carbocycles. The van der Waals surface area contributed by atoms with Crippen molar-refractivity contribution in [2.24, 2.45) is 11.8 Å². The van der Waals surface area contributed by atoms with Crippen LogP contribution < -0.4 is 20.3 Å². The first-order valence-corrected chi connectivity index (χ1v) is 15.3. The topological polar surface area (TPSA) is 174 Å². The average Bonchev–Trinajstić information content (AvgIpc) is 3.46. The monoisotopic (exact) mass is 596 g/mol. The van der Waals surface area contributed by atoms with Gasteiger partial charge in [-0.3, -0.25) is 24.0 Å². The molecule has 1 aliphatic carbocycles. The summed E-state index contributed by atoms with van der Waals surface area (Å²) in [6.45, 7) is 5.66. The van der Waals surface area contributed by atoms with Crippen molar-refractivity contribution >= 4 is 39.4 Å². The average molecular weight is 597 g/mol. The molecule has 2 aromatic carbocycles. The zero-order chi connectivity index (χ0) is 30.8. The summed E-state index contributed by atoms with van der Waals surface area (Å²) in [7, 11) is -2.41. The number of nitrogens with zero attached hydrogens (tertiary/aromatic N) is 2. The molecule has 4 atom stereocenters. The van der Waals surface area contributed by atoms with Gasteiger partial charge in [0.2, 0.25) is 16.0 Å². The van der Waals surface area contributed by atoms with Crippen molar-refractivity contribution in [3.63, 3.8) is 0 Å². The minimum Gasteiger partial charge on any atom is -0.381 e. The number of nitrogens with one attached hydrogen (secondary N) is 4. The lowest BCUT2D eigenvalue weighted by molar-refractivity contribution is -0.126. The molecule has 42 heavy (non-hydrogen) atoms. The van der Waals surface area contributed by atoms with Gasteiger partial charge < -0.3 is 20.7 Å². The SMILES string of the molecule is CC(C)[C@@H]1CC1(NC(=O)c1cc(C(=O)N[C@H](C)c2ccccc2)cc(N(C)S(C)(=O)=O)c1)[C@@H](O)C(=O)Nc1ncc[nH]1. The Labute approximate surface area is 245 Å². The molecule has 3 amide bonds. The Hall–Kier alpha value is -4.23. The summed E-state index contributed by atoms with van der Waals surface area (Å²) in [5, 5.41) is 19.3. The van der Waals surface area contributed by atoms with Gasteiger partial charge in [0.1, 0.15) is 0 Å². The van der Waals surface area contributed by atoms with Crippen LogP contribution in [0, 0.1) is 11.8 Å². The Kier molecular flexibility index (Phi) is 8.73. The lowest BCUT2D eigenvalue weighted by Gasteiger charge is -2.26. The van der Waals surface area contributed by atoms with Crippen molar-refractivity contribution in [3.8, 4) is 0 Å². The number of aromatic amines is 1. The van der Waals surface area contributed by atoms with Crippen LogP contribution in [-0.2, 0) is 14.8 Å². The number of anilines is 2. The van der Waals surface area contributed by atoms with E-state index in [1.54, 1.807) is 0 Å². The Morgan fingerprint density at radius 3 is 2.26 bits per heavy atom. The normalized spacial score (nSPS) is 19.5. The van der Waals surface area contributed by atoms with E-state index in [1.165, 1.54) is 37.6 Å². The van der Waals surface area contributed by atoms with Crippen molar-refractivity contribution in [2.75, 3.05) is 22.9 Å². The summed E-state index contributed by atoms with van der Waals surface area (Å²) in [5.74, 6) is -1.96. The molecular weight excluding hydrogens is 560 g/mol. The van der Waals surface area contributed by atoms with Crippen molar-refractivity contribution < 1.29 is 27.9 Å². The number of benzene rings is 2. The van der Waals surface area contributed by atoms with Crippen LogP contribution in [0.3, 0.4) is 0 Å². The van der Waals surface area contributed by atoms with Crippen LogP contribution in [0.5, 0.6) is 0 Å².